The minimum Gasteiger partial charge on any atom is -0.382 e. The molecule has 0 aromatic heterocycles. The standard InChI is InChI=1S/C83H166N3O41P3/c1-87-8-13-92-18-23-97-28-33-102-38-43-107-48-53-112-58-63-117-68-73-122-128(123-74-69-118-64-59-113-54-49-108-44-39-103-34-29-98-24-19-93-14-9-88-2)84-129(124-75-70-119-65-60-114-55-50-109-45-40-104-35-30-99-25-20-94-15-10-89-3,125-76-71-120-66-61-115-56-51-110-46-41-105-36-31-100-26-21-95-16-11-90-4)86-130(85-128,127-80-83-79-81-6-7-82(83)78-81)126-77-72-121-67-62-116-57-52-111-47-42-106-37-32-101-27-22-96-17-12-91-5/h6-7,81-83H,8-80H2,1-5H3/t81-,82+,83+/m1/s1. The highest BCUT2D eigenvalue weighted by Gasteiger charge is 2.45. The fraction of sp³-hybridized carbons (Fsp3) is 0.976. The number of ether oxygens (including phenoxy) is 35. The van der Waals surface area contributed by atoms with E-state index in [2.05, 4.69) is 12.2 Å². The number of rotatable bonds is 113. The lowest BCUT2D eigenvalue weighted by Crippen LogP contribution is -2.17. The maximum absolute atomic E-state index is 7.13. The molecule has 774 valence electrons. The van der Waals surface area contributed by atoms with Gasteiger partial charge >= 0.3 is 23.0 Å². The van der Waals surface area contributed by atoms with Gasteiger partial charge in [0.25, 0.3) is 0 Å². The molecule has 0 radical (unpaired) electrons. The largest absolute Gasteiger partial charge is 0.382 e. The van der Waals surface area contributed by atoms with Crippen LogP contribution in [0.4, 0.5) is 0 Å². The van der Waals surface area contributed by atoms with Crippen LogP contribution in [0.1, 0.15) is 12.8 Å². The summed E-state index contributed by atoms with van der Waals surface area (Å²) < 4.78 is 254. The van der Waals surface area contributed by atoms with Crippen LogP contribution in [-0.4, -0.2) is 505 Å². The van der Waals surface area contributed by atoms with Crippen molar-refractivity contribution in [3.05, 3.63) is 12.2 Å². The van der Waals surface area contributed by atoms with Crippen molar-refractivity contribution in [3.63, 3.8) is 0 Å². The number of methoxy groups -OCH3 is 5. The lowest BCUT2D eigenvalue weighted by atomic mass is 9.95. The van der Waals surface area contributed by atoms with Crippen molar-refractivity contribution in [3.8, 4) is 0 Å². The highest BCUT2D eigenvalue weighted by atomic mass is 31.3. The fourth-order valence-corrected chi connectivity index (χ4v) is 20.5. The Hall–Kier alpha value is -1.21. The molecule has 0 amide bonds. The topological polar surface area (TPSA) is 416 Å². The van der Waals surface area contributed by atoms with Crippen molar-refractivity contribution in [1.29, 1.82) is 0 Å². The van der Waals surface area contributed by atoms with Crippen molar-refractivity contribution in [2.45, 2.75) is 12.8 Å². The predicted octanol–water partition coefficient (Wildman–Crippen LogP) is 5.88. The highest BCUT2D eigenvalue weighted by Crippen LogP contribution is 2.80. The number of hydrogen-bond donors (Lipinski definition) is 0. The lowest BCUT2D eigenvalue weighted by Gasteiger charge is -2.34. The summed E-state index contributed by atoms with van der Waals surface area (Å²) in [5.41, 5.74) is 0. The summed E-state index contributed by atoms with van der Waals surface area (Å²) >= 11 is 0. The van der Waals surface area contributed by atoms with E-state index in [-0.39, 0.29) is 151 Å². The first-order chi connectivity index (χ1) is 64.5. The van der Waals surface area contributed by atoms with Gasteiger partial charge in [0.05, 0.1) is 469 Å². The second-order valence-corrected chi connectivity index (χ2v) is 34.2. The first-order valence-corrected chi connectivity index (χ1v) is 50.3. The molecular formula is C83H166N3O41P3. The van der Waals surface area contributed by atoms with Gasteiger partial charge < -0.3 is 193 Å². The van der Waals surface area contributed by atoms with Crippen LogP contribution >= 0.6 is 23.0 Å². The van der Waals surface area contributed by atoms with Gasteiger partial charge in [-0.2, -0.15) is 0 Å². The minimum atomic E-state index is -4.04. The van der Waals surface area contributed by atoms with E-state index in [1.54, 1.807) is 35.5 Å². The predicted molar refractivity (Wildman–Crippen MR) is 477 cm³/mol. The smallest absolute Gasteiger partial charge is 0.349 e. The van der Waals surface area contributed by atoms with Crippen LogP contribution in [0.5, 0.6) is 0 Å². The molecule has 2 bridgehead atoms. The molecule has 0 N–H and O–H groups in total. The van der Waals surface area contributed by atoms with E-state index in [9.17, 15) is 0 Å². The van der Waals surface area contributed by atoms with Gasteiger partial charge in [0.2, 0.25) is 0 Å². The lowest BCUT2D eigenvalue weighted by molar-refractivity contribution is -0.0207. The Morgan fingerprint density at radius 3 is 0.415 bits per heavy atom. The van der Waals surface area contributed by atoms with E-state index in [1.165, 1.54) is 0 Å². The summed E-state index contributed by atoms with van der Waals surface area (Å²) in [6.07, 6.45) is 6.44. The zero-order valence-electron chi connectivity index (χ0n) is 78.9. The second-order valence-electron chi connectivity index (χ2n) is 27.6. The van der Waals surface area contributed by atoms with Gasteiger partial charge in [-0.25, -0.2) is 0 Å². The molecule has 2 aliphatic carbocycles. The Morgan fingerprint density at radius 1 is 0.162 bits per heavy atom. The van der Waals surface area contributed by atoms with Crippen LogP contribution < -0.4 is 0 Å². The van der Waals surface area contributed by atoms with Gasteiger partial charge in [0.15, 0.2) is 0 Å². The molecule has 47 heteroatoms. The summed E-state index contributed by atoms with van der Waals surface area (Å²) in [4.78, 5) is 0. The molecule has 130 heavy (non-hydrogen) atoms. The Bertz CT molecular complexity index is 2340. The summed E-state index contributed by atoms with van der Waals surface area (Å²) in [5, 5.41) is 0. The Labute approximate surface area is 773 Å². The van der Waals surface area contributed by atoms with Gasteiger partial charge in [0.1, 0.15) is 0 Å². The first-order valence-electron chi connectivity index (χ1n) is 45.7. The molecule has 0 aromatic carbocycles. The van der Waals surface area contributed by atoms with Crippen LogP contribution in [0.25, 0.3) is 0 Å². The molecule has 1 heterocycles. The van der Waals surface area contributed by atoms with Gasteiger partial charge in [-0.1, -0.05) is 12.2 Å². The summed E-state index contributed by atoms with van der Waals surface area (Å²) in [7, 11) is -3.89. The van der Waals surface area contributed by atoms with E-state index < -0.39 is 23.0 Å². The molecule has 3 aliphatic rings. The molecule has 1 saturated carbocycles. The van der Waals surface area contributed by atoms with Crippen molar-refractivity contribution in [2.75, 3.05) is 505 Å². The van der Waals surface area contributed by atoms with E-state index in [0.717, 1.165) is 12.8 Å². The maximum atomic E-state index is 7.13. The molecule has 0 aromatic rings. The number of fused-ring (bicyclic) bond motifs is 2. The summed E-state index contributed by atoms with van der Waals surface area (Å²) in [6.45, 7) is 24.9. The maximum Gasteiger partial charge on any atom is 0.349 e. The minimum absolute atomic E-state index is 0.0441. The first kappa shape index (κ1) is 123. The summed E-state index contributed by atoms with van der Waals surface area (Å²) in [5.74, 6) is 0.801. The van der Waals surface area contributed by atoms with E-state index in [4.69, 9.17) is 206 Å². The van der Waals surface area contributed by atoms with Crippen molar-refractivity contribution < 1.29 is 193 Å². The number of hydrogen-bond acceptors (Lipinski definition) is 44. The average Bonchev–Trinajstić information content (AvgIpc) is 0.750. The molecule has 0 saturated heterocycles. The zero-order valence-corrected chi connectivity index (χ0v) is 81.6. The molecule has 3 rings (SSSR count). The second kappa shape index (κ2) is 98.0. The number of nitrogens with zero attached hydrogens (tertiary/aromatic N) is 3. The highest BCUT2D eigenvalue weighted by molar-refractivity contribution is 7.78. The molecule has 1 fully saturated rings. The van der Waals surface area contributed by atoms with Gasteiger partial charge in [-0.05, 0) is 30.6 Å². The third kappa shape index (κ3) is 78.6. The number of allylic oxidation sites excluding steroid dienone is 2. The quantitative estimate of drug-likeness (QED) is 0.0389. The zero-order chi connectivity index (χ0) is 92.4. The van der Waals surface area contributed by atoms with Crippen LogP contribution in [0, 0.1) is 17.8 Å². The molecule has 44 nitrogen and oxygen atoms in total. The van der Waals surface area contributed by atoms with Crippen molar-refractivity contribution >= 4 is 23.0 Å². The fourth-order valence-electron chi connectivity index (χ4n) is 11.0. The Morgan fingerprint density at radius 2 is 0.292 bits per heavy atom. The Balaban J connectivity index is 1.84. The third-order valence-electron chi connectivity index (χ3n) is 17.4. The molecule has 1 unspecified atom stereocenters. The van der Waals surface area contributed by atoms with Crippen LogP contribution in [-0.2, 0) is 193 Å². The van der Waals surface area contributed by atoms with Crippen LogP contribution in [0.3, 0.4) is 0 Å². The van der Waals surface area contributed by atoms with E-state index in [0.29, 0.717) is 336 Å². The SMILES string of the molecule is COCCOCCOCCOCCOCCOCCOCCOP1(OCCOCCOCCOCCOCCOCCOCCOC)=NP(OCCOCCOCCOCCOCCOCCOCCOC)(OCCOCCOCCOCCOCCOCCOCCOC)=NP(OCCOCCOCCOCCOCCOCCOCCOC)(OC[C@@H]2C[C@@H]3C=C[C@H]2C3)=N1. The molecular weight excluding hydrogens is 1790 g/mol. The Kier molecular flexibility index (Phi) is 92.7. The third-order valence-corrected chi connectivity index (χ3v) is 26.0. The molecule has 4 atom stereocenters. The van der Waals surface area contributed by atoms with Crippen molar-refractivity contribution in [2.24, 2.45) is 31.3 Å². The normalized spacial score (nSPS) is 16.9. The van der Waals surface area contributed by atoms with E-state index in [1.807, 2.05) is 0 Å². The average molecular weight is 1960 g/mol. The van der Waals surface area contributed by atoms with Gasteiger partial charge in [-0.3, -0.25) is 0 Å². The summed E-state index contributed by atoms with van der Waals surface area (Å²) in [6, 6.07) is 0. The van der Waals surface area contributed by atoms with Crippen molar-refractivity contribution in [1.82, 2.24) is 0 Å². The van der Waals surface area contributed by atoms with Crippen LogP contribution in [0.15, 0.2) is 25.7 Å². The monoisotopic (exact) mass is 1950 g/mol. The van der Waals surface area contributed by atoms with Gasteiger partial charge in [-0.15, -0.1) is 13.5 Å². The van der Waals surface area contributed by atoms with Gasteiger partial charge in [0, 0.05) is 35.5 Å². The molecule has 1 aliphatic heterocycles. The van der Waals surface area contributed by atoms with E-state index >= 15 is 0 Å². The molecule has 0 spiro atoms. The van der Waals surface area contributed by atoms with Crippen LogP contribution in [0.2, 0.25) is 0 Å².